The average Bonchev–Trinajstić information content (AvgIpc) is 2.86. The van der Waals surface area contributed by atoms with Crippen molar-refractivity contribution in [3.05, 3.63) is 41.6 Å². The molecule has 24 heavy (non-hydrogen) atoms. The predicted molar refractivity (Wildman–Crippen MR) is 87.9 cm³/mol. The van der Waals surface area contributed by atoms with E-state index in [0.717, 1.165) is 16.7 Å². The number of carboxylic acid groups (broad SMARTS) is 1. The second-order valence-corrected chi connectivity index (χ2v) is 5.66. The summed E-state index contributed by atoms with van der Waals surface area (Å²) in [6.45, 7) is 4.80. The van der Waals surface area contributed by atoms with Crippen molar-refractivity contribution in [3.63, 3.8) is 0 Å². The summed E-state index contributed by atoms with van der Waals surface area (Å²) < 4.78 is 1.36. The van der Waals surface area contributed by atoms with Gasteiger partial charge < -0.3 is 5.11 Å². The molecule has 3 aromatic rings. The molecule has 0 saturated carbocycles. The fourth-order valence-corrected chi connectivity index (χ4v) is 2.74. The molecule has 0 spiro atoms. The molecule has 0 bridgehead atoms. The van der Waals surface area contributed by atoms with Crippen LogP contribution in [-0.2, 0) is 11.3 Å². The maximum absolute atomic E-state index is 11.9. The van der Waals surface area contributed by atoms with Crippen LogP contribution in [0.4, 0.5) is 0 Å². The monoisotopic (exact) mass is 324 g/mol. The molecule has 2 heterocycles. The van der Waals surface area contributed by atoms with Crippen LogP contribution in [0, 0.1) is 13.8 Å². The molecule has 122 valence electrons. The molecule has 0 amide bonds. The summed E-state index contributed by atoms with van der Waals surface area (Å²) in [6.07, 6.45) is 3.44. The Morgan fingerprint density at radius 1 is 1.12 bits per heavy atom. The smallest absolute Gasteiger partial charge is 0.325 e. The van der Waals surface area contributed by atoms with Crippen molar-refractivity contribution < 1.29 is 14.7 Å². The zero-order valence-electron chi connectivity index (χ0n) is 13.6. The molecule has 0 aliphatic rings. The number of nitrogens with zero attached hydrogens (tertiary/aromatic N) is 4. The third kappa shape index (κ3) is 2.76. The van der Waals surface area contributed by atoms with Crippen LogP contribution in [0.25, 0.3) is 22.0 Å². The van der Waals surface area contributed by atoms with E-state index in [-0.39, 0.29) is 18.0 Å². The molecule has 0 radical (unpaired) electrons. The van der Waals surface area contributed by atoms with Gasteiger partial charge in [-0.25, -0.2) is 9.97 Å². The molecule has 0 aliphatic carbocycles. The maximum Gasteiger partial charge on any atom is 0.325 e. The number of carboxylic acids is 1. The summed E-state index contributed by atoms with van der Waals surface area (Å²) in [5.41, 5.74) is 3.44. The van der Waals surface area contributed by atoms with Gasteiger partial charge in [0.05, 0.1) is 5.52 Å². The van der Waals surface area contributed by atoms with E-state index in [1.165, 1.54) is 11.6 Å². The van der Waals surface area contributed by atoms with Crippen molar-refractivity contribution in [2.45, 2.75) is 27.3 Å². The van der Waals surface area contributed by atoms with Crippen molar-refractivity contribution in [2.75, 3.05) is 0 Å². The number of carbonyl (C=O) groups is 2. The van der Waals surface area contributed by atoms with Gasteiger partial charge in [0.2, 0.25) is 0 Å². The molecular weight excluding hydrogens is 308 g/mol. The molecule has 7 heteroatoms. The van der Waals surface area contributed by atoms with E-state index >= 15 is 0 Å². The highest BCUT2D eigenvalue weighted by Gasteiger charge is 2.18. The maximum atomic E-state index is 11.9. The normalized spacial score (nSPS) is 11.0. The van der Waals surface area contributed by atoms with Crippen LogP contribution >= 0.6 is 0 Å². The molecule has 7 nitrogen and oxygen atoms in total. The molecule has 2 aromatic heterocycles. The lowest BCUT2D eigenvalue weighted by Crippen LogP contribution is -2.11. The van der Waals surface area contributed by atoms with Crippen molar-refractivity contribution >= 4 is 22.7 Å². The Balaban J connectivity index is 2.26. The van der Waals surface area contributed by atoms with Crippen LogP contribution in [-0.4, -0.2) is 36.6 Å². The van der Waals surface area contributed by atoms with Crippen molar-refractivity contribution in [1.82, 2.24) is 19.7 Å². The van der Waals surface area contributed by atoms with E-state index in [1.807, 2.05) is 26.0 Å². The summed E-state index contributed by atoms with van der Waals surface area (Å²) in [4.78, 5) is 31.4. The minimum atomic E-state index is -1.01. The van der Waals surface area contributed by atoms with Gasteiger partial charge >= 0.3 is 5.97 Å². The predicted octanol–water partition coefficient (Wildman–Crippen LogP) is 2.40. The number of rotatable bonds is 4. The van der Waals surface area contributed by atoms with Crippen LogP contribution in [0.5, 0.6) is 0 Å². The van der Waals surface area contributed by atoms with Crippen LogP contribution in [0.2, 0.25) is 0 Å². The van der Waals surface area contributed by atoms with Crippen molar-refractivity contribution in [3.8, 4) is 11.1 Å². The van der Waals surface area contributed by atoms with E-state index in [0.29, 0.717) is 16.7 Å². The lowest BCUT2D eigenvalue weighted by atomic mass is 10.0. The fourth-order valence-electron chi connectivity index (χ4n) is 2.74. The number of ketones is 1. The highest BCUT2D eigenvalue weighted by molar-refractivity contribution is 6.06. The number of aryl methyl sites for hydroxylation is 2. The van der Waals surface area contributed by atoms with E-state index in [2.05, 4.69) is 15.1 Å². The third-order valence-corrected chi connectivity index (χ3v) is 3.77. The fraction of sp³-hybridized carbons (Fsp3) is 0.235. The van der Waals surface area contributed by atoms with Gasteiger partial charge in [0.25, 0.3) is 0 Å². The van der Waals surface area contributed by atoms with Crippen LogP contribution in [0.1, 0.15) is 28.8 Å². The first kappa shape index (κ1) is 15.8. The van der Waals surface area contributed by atoms with Gasteiger partial charge in [-0.2, -0.15) is 5.10 Å². The molecular formula is C17H16N4O3. The number of hydrogen-bond donors (Lipinski definition) is 1. The number of benzene rings is 1. The van der Waals surface area contributed by atoms with Crippen LogP contribution in [0.15, 0.2) is 24.5 Å². The molecule has 3 rings (SSSR count). The van der Waals surface area contributed by atoms with Gasteiger partial charge in [-0.1, -0.05) is 0 Å². The molecule has 1 N–H and O–H groups in total. The summed E-state index contributed by atoms with van der Waals surface area (Å²) in [5.74, 6) is -0.541. The topological polar surface area (TPSA) is 98.0 Å². The average molecular weight is 324 g/mol. The lowest BCUT2D eigenvalue weighted by molar-refractivity contribution is -0.137. The summed E-state index contributed by atoms with van der Waals surface area (Å²) in [6, 6.07) is 3.75. The van der Waals surface area contributed by atoms with Gasteiger partial charge in [-0.15, -0.1) is 0 Å². The first-order valence-electron chi connectivity index (χ1n) is 7.39. The van der Waals surface area contributed by atoms with Crippen LogP contribution in [0.3, 0.4) is 0 Å². The number of aliphatic carboxylic acids is 1. The Kier molecular flexibility index (Phi) is 3.84. The Bertz CT molecular complexity index is 958. The molecule has 0 aliphatic heterocycles. The zero-order valence-corrected chi connectivity index (χ0v) is 13.6. The number of carbonyl (C=O) groups excluding carboxylic acids is 1. The van der Waals surface area contributed by atoms with E-state index < -0.39 is 5.97 Å². The number of hydrogen-bond acceptors (Lipinski definition) is 5. The molecule has 0 atom stereocenters. The number of Topliss-reactive ketones (excluding diaryl/α,β-unsaturated/α-hetero) is 1. The van der Waals surface area contributed by atoms with Gasteiger partial charge in [0, 0.05) is 30.3 Å². The Morgan fingerprint density at radius 2 is 1.79 bits per heavy atom. The highest BCUT2D eigenvalue weighted by Crippen LogP contribution is 2.29. The molecule has 0 unspecified atom stereocenters. The first-order chi connectivity index (χ1) is 11.4. The largest absolute Gasteiger partial charge is 0.480 e. The summed E-state index contributed by atoms with van der Waals surface area (Å²) in [7, 11) is 0. The Morgan fingerprint density at radius 3 is 2.38 bits per heavy atom. The standard InChI is InChI=1S/C17H16N4O3/c1-9-4-12(13-6-18-11(3)19-7-13)5-14-16(10(2)22)20-21(17(9)14)8-15(23)24/h4-7H,8H2,1-3H3,(H,23,24). The summed E-state index contributed by atoms with van der Waals surface area (Å²) >= 11 is 0. The van der Waals surface area contributed by atoms with Crippen LogP contribution < -0.4 is 0 Å². The van der Waals surface area contributed by atoms with E-state index in [9.17, 15) is 9.59 Å². The Hall–Kier alpha value is -3.09. The van der Waals surface area contributed by atoms with Crippen molar-refractivity contribution in [2.24, 2.45) is 0 Å². The van der Waals surface area contributed by atoms with Gasteiger partial charge in [0.15, 0.2) is 5.78 Å². The number of aromatic nitrogens is 4. The minimum absolute atomic E-state index is 0.208. The molecule has 0 saturated heterocycles. The lowest BCUT2D eigenvalue weighted by Gasteiger charge is -2.07. The first-order valence-corrected chi connectivity index (χ1v) is 7.39. The van der Waals surface area contributed by atoms with Crippen molar-refractivity contribution in [1.29, 1.82) is 0 Å². The minimum Gasteiger partial charge on any atom is -0.480 e. The molecule has 0 fully saturated rings. The van der Waals surface area contributed by atoms with E-state index in [1.54, 1.807) is 12.4 Å². The van der Waals surface area contributed by atoms with Gasteiger partial charge in [-0.05, 0) is 37.1 Å². The van der Waals surface area contributed by atoms with Gasteiger partial charge in [0.1, 0.15) is 18.1 Å². The number of fused-ring (bicyclic) bond motifs is 1. The SMILES string of the molecule is CC(=O)c1nn(CC(=O)O)c2c(C)cc(-c3cnc(C)nc3)cc12. The third-order valence-electron chi connectivity index (χ3n) is 3.77. The van der Waals surface area contributed by atoms with E-state index in [4.69, 9.17) is 5.11 Å². The molecule has 1 aromatic carbocycles. The quantitative estimate of drug-likeness (QED) is 0.740. The second-order valence-electron chi connectivity index (χ2n) is 5.66. The zero-order chi connectivity index (χ0) is 17.4. The summed E-state index contributed by atoms with van der Waals surface area (Å²) in [5, 5.41) is 13.9. The van der Waals surface area contributed by atoms with Gasteiger partial charge in [-0.3, -0.25) is 14.3 Å². The highest BCUT2D eigenvalue weighted by atomic mass is 16.4. The second kappa shape index (κ2) is 5.84. The Labute approximate surface area is 138 Å².